The summed E-state index contributed by atoms with van der Waals surface area (Å²) < 4.78 is 4.47. The lowest BCUT2D eigenvalue weighted by Gasteiger charge is -2.04. The van der Waals surface area contributed by atoms with Gasteiger partial charge < -0.3 is 9.84 Å². The number of rotatable bonds is 1. The van der Waals surface area contributed by atoms with Crippen LogP contribution in [0.15, 0.2) is 17.0 Å². The van der Waals surface area contributed by atoms with Crippen molar-refractivity contribution in [3.8, 4) is 11.8 Å². The van der Waals surface area contributed by atoms with Crippen LogP contribution in [0.3, 0.4) is 0 Å². The highest BCUT2D eigenvalue weighted by Crippen LogP contribution is 2.25. The second kappa shape index (κ2) is 4.03. The van der Waals surface area contributed by atoms with Crippen molar-refractivity contribution in [2.24, 2.45) is 0 Å². The Bertz CT molecular complexity index is 423. The smallest absolute Gasteiger partial charge is 0.339 e. The molecule has 0 atom stereocenters. The highest BCUT2D eigenvalue weighted by Gasteiger charge is 2.14. The number of methoxy groups -OCH3 is 1. The predicted molar refractivity (Wildman–Crippen MR) is 51.4 cm³/mol. The number of carbonyl (C=O) groups is 1. The van der Waals surface area contributed by atoms with Gasteiger partial charge in [-0.3, -0.25) is 0 Å². The topological polar surface area (TPSA) is 70.3 Å². The summed E-state index contributed by atoms with van der Waals surface area (Å²) in [5.41, 5.74) is 0.157. The van der Waals surface area contributed by atoms with Gasteiger partial charge in [-0.1, -0.05) is 0 Å². The van der Waals surface area contributed by atoms with E-state index in [1.807, 2.05) is 0 Å². The normalized spacial score (nSPS) is 9.21. The van der Waals surface area contributed by atoms with Gasteiger partial charge in [0.2, 0.25) is 0 Å². The second-order valence-electron chi connectivity index (χ2n) is 2.49. The van der Waals surface area contributed by atoms with Crippen LogP contribution in [-0.4, -0.2) is 18.2 Å². The molecule has 1 aromatic carbocycles. The van der Waals surface area contributed by atoms with Crippen molar-refractivity contribution in [3.63, 3.8) is 0 Å². The Hall–Kier alpha value is -1.67. The summed E-state index contributed by atoms with van der Waals surface area (Å²) >= 11 is 3.92. The Morgan fingerprint density at radius 1 is 1.64 bits per heavy atom. The number of aromatic hydroxyl groups is 1. The van der Waals surface area contributed by atoms with E-state index in [2.05, 4.69) is 17.4 Å². The Balaban J connectivity index is 3.36. The molecule has 1 rings (SSSR count). The van der Waals surface area contributed by atoms with Gasteiger partial charge in [-0.05, 0) is 12.1 Å². The Morgan fingerprint density at radius 2 is 2.29 bits per heavy atom. The molecule has 1 aromatic rings. The number of thiol groups is 1. The van der Waals surface area contributed by atoms with Gasteiger partial charge in [0, 0.05) is 4.90 Å². The van der Waals surface area contributed by atoms with E-state index in [1.165, 1.54) is 19.2 Å². The summed E-state index contributed by atoms with van der Waals surface area (Å²) in [5.74, 6) is -0.769. The lowest BCUT2D eigenvalue weighted by Crippen LogP contribution is -2.04. The van der Waals surface area contributed by atoms with E-state index >= 15 is 0 Å². The summed E-state index contributed by atoms with van der Waals surface area (Å²) in [6.07, 6.45) is 0. The highest BCUT2D eigenvalue weighted by molar-refractivity contribution is 7.80. The molecule has 0 aliphatic heterocycles. The number of hydrogen-bond donors (Lipinski definition) is 2. The molecule has 0 unspecified atom stereocenters. The van der Waals surface area contributed by atoms with Crippen molar-refractivity contribution in [2.75, 3.05) is 7.11 Å². The number of ether oxygens (including phenoxy) is 1. The molecule has 0 saturated carbocycles. The summed E-state index contributed by atoms with van der Waals surface area (Å²) in [7, 11) is 1.22. The lowest BCUT2D eigenvalue weighted by molar-refractivity contribution is 0.0600. The number of benzene rings is 1. The molecule has 0 fully saturated rings. The molecular formula is C9H7NO3S. The first kappa shape index (κ1) is 10.4. The van der Waals surface area contributed by atoms with Gasteiger partial charge in [-0.25, -0.2) is 4.79 Å². The van der Waals surface area contributed by atoms with Gasteiger partial charge in [0.05, 0.1) is 18.2 Å². The number of nitrogens with zero attached hydrogens (tertiary/aromatic N) is 1. The van der Waals surface area contributed by atoms with Crippen molar-refractivity contribution < 1.29 is 14.6 Å². The third-order valence-corrected chi connectivity index (χ3v) is 2.00. The van der Waals surface area contributed by atoms with Crippen molar-refractivity contribution in [1.82, 2.24) is 0 Å². The molecule has 4 nitrogen and oxygen atoms in total. The van der Waals surface area contributed by atoms with Gasteiger partial charge in [0.25, 0.3) is 0 Å². The first-order valence-corrected chi connectivity index (χ1v) is 4.09. The Kier molecular flexibility index (Phi) is 2.99. The van der Waals surface area contributed by atoms with Crippen LogP contribution in [0.25, 0.3) is 0 Å². The van der Waals surface area contributed by atoms with E-state index in [9.17, 15) is 9.90 Å². The van der Waals surface area contributed by atoms with E-state index in [0.717, 1.165) is 0 Å². The molecule has 0 spiro atoms. The minimum Gasteiger partial charge on any atom is -0.507 e. The van der Waals surface area contributed by atoms with Crippen LogP contribution in [-0.2, 0) is 4.74 Å². The fourth-order valence-electron chi connectivity index (χ4n) is 0.948. The maximum atomic E-state index is 11.2. The van der Waals surface area contributed by atoms with E-state index in [0.29, 0.717) is 0 Å². The lowest BCUT2D eigenvalue weighted by atomic mass is 10.1. The largest absolute Gasteiger partial charge is 0.507 e. The molecule has 1 N–H and O–H groups in total. The first-order valence-electron chi connectivity index (χ1n) is 3.64. The van der Waals surface area contributed by atoms with Gasteiger partial charge in [-0.15, -0.1) is 12.6 Å². The third-order valence-electron chi connectivity index (χ3n) is 1.64. The monoisotopic (exact) mass is 209 g/mol. The fraction of sp³-hybridized carbons (Fsp3) is 0.111. The van der Waals surface area contributed by atoms with E-state index in [1.54, 1.807) is 6.07 Å². The van der Waals surface area contributed by atoms with Gasteiger partial charge >= 0.3 is 5.97 Å². The fourth-order valence-corrected chi connectivity index (χ4v) is 1.14. The molecule has 0 aromatic heterocycles. The van der Waals surface area contributed by atoms with Crippen LogP contribution in [0.5, 0.6) is 5.75 Å². The minimum atomic E-state index is -0.628. The number of nitriles is 1. The van der Waals surface area contributed by atoms with Crippen LogP contribution in [0, 0.1) is 11.3 Å². The van der Waals surface area contributed by atoms with Gasteiger partial charge in [-0.2, -0.15) is 5.26 Å². The van der Waals surface area contributed by atoms with Gasteiger partial charge in [0.1, 0.15) is 11.8 Å². The highest BCUT2D eigenvalue weighted by atomic mass is 32.1. The van der Waals surface area contributed by atoms with Crippen molar-refractivity contribution in [3.05, 3.63) is 23.3 Å². The summed E-state index contributed by atoms with van der Waals surface area (Å²) in [5, 5.41) is 17.9. The molecule has 72 valence electrons. The number of esters is 1. The maximum absolute atomic E-state index is 11.2. The van der Waals surface area contributed by atoms with E-state index in [-0.39, 0.29) is 21.8 Å². The molecular weight excluding hydrogens is 202 g/mol. The first-order chi connectivity index (χ1) is 6.60. The van der Waals surface area contributed by atoms with Crippen LogP contribution in [0.1, 0.15) is 15.9 Å². The number of hydrogen-bond acceptors (Lipinski definition) is 5. The van der Waals surface area contributed by atoms with E-state index < -0.39 is 5.97 Å². The summed E-state index contributed by atoms with van der Waals surface area (Å²) in [6, 6.07) is 4.25. The number of carbonyl (C=O) groups excluding carboxylic acids is 1. The van der Waals surface area contributed by atoms with Crippen LogP contribution in [0.4, 0.5) is 0 Å². The van der Waals surface area contributed by atoms with Crippen LogP contribution in [0.2, 0.25) is 0 Å². The molecule has 0 amide bonds. The minimum absolute atomic E-state index is 0.0622. The average molecular weight is 209 g/mol. The SMILES string of the molecule is COC(=O)c1cc(S)c(O)cc1C#N. The predicted octanol–water partition coefficient (Wildman–Crippen LogP) is 1.34. The Morgan fingerprint density at radius 3 is 2.79 bits per heavy atom. The zero-order chi connectivity index (χ0) is 10.7. The van der Waals surface area contributed by atoms with Gasteiger partial charge in [0.15, 0.2) is 0 Å². The molecule has 0 radical (unpaired) electrons. The van der Waals surface area contributed by atoms with Crippen molar-refractivity contribution >= 4 is 18.6 Å². The van der Waals surface area contributed by atoms with Crippen LogP contribution >= 0.6 is 12.6 Å². The quantitative estimate of drug-likeness (QED) is 0.541. The van der Waals surface area contributed by atoms with Crippen LogP contribution < -0.4 is 0 Å². The average Bonchev–Trinajstić information content (AvgIpc) is 2.20. The van der Waals surface area contributed by atoms with E-state index in [4.69, 9.17) is 5.26 Å². The molecule has 5 heteroatoms. The molecule has 14 heavy (non-hydrogen) atoms. The number of phenolic OH excluding ortho intramolecular Hbond substituents is 1. The second-order valence-corrected chi connectivity index (χ2v) is 2.97. The summed E-state index contributed by atoms with van der Waals surface area (Å²) in [4.78, 5) is 11.4. The molecule has 0 heterocycles. The molecule has 0 bridgehead atoms. The molecule has 0 saturated heterocycles. The zero-order valence-electron chi connectivity index (χ0n) is 7.31. The third kappa shape index (κ3) is 1.80. The molecule has 0 aliphatic carbocycles. The zero-order valence-corrected chi connectivity index (χ0v) is 8.21. The van der Waals surface area contributed by atoms with Crippen molar-refractivity contribution in [2.45, 2.75) is 4.90 Å². The van der Waals surface area contributed by atoms with Crippen molar-refractivity contribution in [1.29, 1.82) is 5.26 Å². The number of phenols is 1. The maximum Gasteiger partial charge on any atom is 0.339 e. The summed E-state index contributed by atoms with van der Waals surface area (Å²) in [6.45, 7) is 0. The molecule has 0 aliphatic rings. The Labute approximate surface area is 86.1 Å². The standard InChI is InChI=1S/C9H7NO3S/c1-13-9(12)6-3-8(14)7(11)2-5(6)4-10/h2-3,11,14H,1H3.